The minimum Gasteiger partial charge on any atom is -0.202 e. The molecule has 2 rings (SSSR count). The molecule has 0 heterocycles. The van der Waals surface area contributed by atoms with Crippen molar-refractivity contribution in [1.29, 1.82) is 0 Å². The standard InChI is InChI=1S/C16H18F4/c1-11-2-6-13(7-3-11)14-8-4-12(5-9-14)10-15(17)16(18,19)20/h2-3,6-7,10,12,14H,4-5,8-9H2,1H3. The van der Waals surface area contributed by atoms with E-state index in [1.54, 1.807) is 0 Å². The van der Waals surface area contributed by atoms with Crippen LogP contribution in [0.1, 0.15) is 42.7 Å². The maximum Gasteiger partial charge on any atom is 0.442 e. The first kappa shape index (κ1) is 15.1. The Bertz CT molecular complexity index is 462. The van der Waals surface area contributed by atoms with Gasteiger partial charge < -0.3 is 0 Å². The average Bonchev–Trinajstić information content (AvgIpc) is 2.39. The monoisotopic (exact) mass is 286 g/mol. The second kappa shape index (κ2) is 5.98. The SMILES string of the molecule is Cc1ccc(C2CCC(C=C(F)C(F)(F)F)CC2)cc1. The van der Waals surface area contributed by atoms with E-state index in [1.165, 1.54) is 11.1 Å². The number of benzene rings is 1. The summed E-state index contributed by atoms with van der Waals surface area (Å²) < 4.78 is 49.3. The predicted octanol–water partition coefficient (Wildman–Crippen LogP) is 5.68. The number of rotatable bonds is 2. The molecule has 0 atom stereocenters. The third-order valence-electron chi connectivity index (χ3n) is 3.97. The first-order chi connectivity index (χ1) is 9.36. The van der Waals surface area contributed by atoms with Crippen molar-refractivity contribution in [1.82, 2.24) is 0 Å². The molecule has 110 valence electrons. The summed E-state index contributed by atoms with van der Waals surface area (Å²) >= 11 is 0. The van der Waals surface area contributed by atoms with Gasteiger partial charge in [-0.2, -0.15) is 13.2 Å². The second-order valence-corrected chi connectivity index (χ2v) is 5.53. The lowest BCUT2D eigenvalue weighted by molar-refractivity contribution is -0.109. The molecule has 0 amide bonds. The molecule has 0 spiro atoms. The summed E-state index contributed by atoms with van der Waals surface area (Å²) in [6.45, 7) is 2.02. The molecule has 1 saturated carbocycles. The number of hydrogen-bond donors (Lipinski definition) is 0. The Labute approximate surface area is 116 Å². The molecular weight excluding hydrogens is 268 g/mol. The van der Waals surface area contributed by atoms with Crippen molar-refractivity contribution in [2.24, 2.45) is 5.92 Å². The minimum absolute atomic E-state index is 0.293. The van der Waals surface area contributed by atoms with Gasteiger partial charge in [-0.15, -0.1) is 0 Å². The Morgan fingerprint density at radius 2 is 1.60 bits per heavy atom. The molecule has 1 fully saturated rings. The van der Waals surface area contributed by atoms with Gasteiger partial charge in [0.05, 0.1) is 0 Å². The van der Waals surface area contributed by atoms with Crippen LogP contribution in [-0.2, 0) is 0 Å². The van der Waals surface area contributed by atoms with Gasteiger partial charge in [0.1, 0.15) is 0 Å². The smallest absolute Gasteiger partial charge is 0.202 e. The van der Waals surface area contributed by atoms with Crippen molar-refractivity contribution < 1.29 is 17.6 Å². The van der Waals surface area contributed by atoms with Crippen LogP contribution in [0.25, 0.3) is 0 Å². The van der Waals surface area contributed by atoms with E-state index in [0.717, 1.165) is 18.9 Å². The zero-order chi connectivity index (χ0) is 14.8. The van der Waals surface area contributed by atoms with Crippen LogP contribution >= 0.6 is 0 Å². The molecule has 1 aromatic carbocycles. The number of allylic oxidation sites excluding steroid dienone is 2. The summed E-state index contributed by atoms with van der Waals surface area (Å²) in [6.07, 6.45) is -1.23. The molecule has 20 heavy (non-hydrogen) atoms. The van der Waals surface area contributed by atoms with Gasteiger partial charge in [0.2, 0.25) is 0 Å². The molecule has 0 saturated heterocycles. The first-order valence-electron chi connectivity index (χ1n) is 6.87. The lowest BCUT2D eigenvalue weighted by Gasteiger charge is -2.27. The summed E-state index contributed by atoms with van der Waals surface area (Å²) in [6, 6.07) is 8.24. The van der Waals surface area contributed by atoms with Crippen LogP contribution in [0, 0.1) is 12.8 Å². The van der Waals surface area contributed by atoms with E-state index in [-0.39, 0.29) is 5.92 Å². The van der Waals surface area contributed by atoms with Crippen molar-refractivity contribution in [3.8, 4) is 0 Å². The van der Waals surface area contributed by atoms with Crippen LogP contribution < -0.4 is 0 Å². The Morgan fingerprint density at radius 3 is 2.10 bits per heavy atom. The Kier molecular flexibility index (Phi) is 4.51. The largest absolute Gasteiger partial charge is 0.442 e. The second-order valence-electron chi connectivity index (χ2n) is 5.53. The fourth-order valence-corrected chi connectivity index (χ4v) is 2.76. The van der Waals surface area contributed by atoms with Gasteiger partial charge in [-0.1, -0.05) is 29.8 Å². The van der Waals surface area contributed by atoms with E-state index in [9.17, 15) is 17.6 Å². The summed E-state index contributed by atoms with van der Waals surface area (Å²) in [7, 11) is 0. The molecule has 0 aromatic heterocycles. The highest BCUT2D eigenvalue weighted by Gasteiger charge is 2.35. The van der Waals surface area contributed by atoms with Gasteiger partial charge in [-0.3, -0.25) is 0 Å². The lowest BCUT2D eigenvalue weighted by Crippen LogP contribution is -2.15. The Balaban J connectivity index is 1.94. The Morgan fingerprint density at radius 1 is 1.05 bits per heavy atom. The van der Waals surface area contributed by atoms with Crippen molar-refractivity contribution in [2.45, 2.75) is 44.7 Å². The van der Waals surface area contributed by atoms with Gasteiger partial charge >= 0.3 is 6.18 Å². The number of halogens is 4. The minimum atomic E-state index is -4.84. The molecule has 1 aliphatic carbocycles. The van der Waals surface area contributed by atoms with E-state index in [1.807, 2.05) is 19.1 Å². The molecule has 1 aromatic rings. The van der Waals surface area contributed by atoms with E-state index < -0.39 is 12.0 Å². The Hall–Kier alpha value is -1.32. The first-order valence-corrected chi connectivity index (χ1v) is 6.87. The van der Waals surface area contributed by atoms with Crippen LogP contribution in [0.15, 0.2) is 36.2 Å². The molecule has 0 N–H and O–H groups in total. The van der Waals surface area contributed by atoms with Gasteiger partial charge in [-0.25, -0.2) is 4.39 Å². The molecule has 0 nitrogen and oxygen atoms in total. The molecule has 0 unspecified atom stereocenters. The highest BCUT2D eigenvalue weighted by atomic mass is 19.4. The highest BCUT2D eigenvalue weighted by Crippen LogP contribution is 2.38. The quantitative estimate of drug-likeness (QED) is 0.613. The zero-order valence-electron chi connectivity index (χ0n) is 11.4. The number of hydrogen-bond acceptors (Lipinski definition) is 0. The van der Waals surface area contributed by atoms with Crippen molar-refractivity contribution in [3.05, 3.63) is 47.3 Å². The number of alkyl halides is 3. The third kappa shape index (κ3) is 3.84. The normalized spacial score (nSPS) is 24.8. The van der Waals surface area contributed by atoms with Crippen molar-refractivity contribution in [2.75, 3.05) is 0 Å². The molecule has 0 bridgehead atoms. The fraction of sp³-hybridized carbons (Fsp3) is 0.500. The maximum atomic E-state index is 12.9. The summed E-state index contributed by atoms with van der Waals surface area (Å²) in [5.41, 5.74) is 2.42. The van der Waals surface area contributed by atoms with E-state index in [4.69, 9.17) is 0 Å². The predicted molar refractivity (Wildman–Crippen MR) is 71.1 cm³/mol. The summed E-state index contributed by atoms with van der Waals surface area (Å²) in [5, 5.41) is 0. The van der Waals surface area contributed by atoms with Crippen LogP contribution in [-0.4, -0.2) is 6.18 Å². The van der Waals surface area contributed by atoms with E-state index in [2.05, 4.69) is 12.1 Å². The van der Waals surface area contributed by atoms with E-state index in [0.29, 0.717) is 18.8 Å². The van der Waals surface area contributed by atoms with E-state index >= 15 is 0 Å². The van der Waals surface area contributed by atoms with Gasteiger partial charge in [0.15, 0.2) is 5.83 Å². The molecular formula is C16H18F4. The van der Waals surface area contributed by atoms with Crippen molar-refractivity contribution in [3.63, 3.8) is 0 Å². The van der Waals surface area contributed by atoms with Crippen LogP contribution in [0.4, 0.5) is 17.6 Å². The van der Waals surface area contributed by atoms with Gasteiger partial charge in [0, 0.05) is 0 Å². The molecule has 4 heteroatoms. The molecule has 0 aliphatic heterocycles. The third-order valence-corrected chi connectivity index (χ3v) is 3.97. The lowest BCUT2D eigenvalue weighted by atomic mass is 9.78. The fourth-order valence-electron chi connectivity index (χ4n) is 2.76. The van der Waals surface area contributed by atoms with Crippen LogP contribution in [0.5, 0.6) is 0 Å². The maximum absolute atomic E-state index is 12.9. The molecule has 0 radical (unpaired) electrons. The van der Waals surface area contributed by atoms with Crippen LogP contribution in [0.3, 0.4) is 0 Å². The average molecular weight is 286 g/mol. The topological polar surface area (TPSA) is 0 Å². The molecule has 1 aliphatic rings. The van der Waals surface area contributed by atoms with Gasteiger partial charge in [0.25, 0.3) is 0 Å². The highest BCUT2D eigenvalue weighted by molar-refractivity contribution is 5.25. The summed E-state index contributed by atoms with van der Waals surface area (Å²) in [4.78, 5) is 0. The zero-order valence-corrected chi connectivity index (χ0v) is 11.4. The van der Waals surface area contributed by atoms with Crippen LogP contribution in [0.2, 0.25) is 0 Å². The van der Waals surface area contributed by atoms with Gasteiger partial charge in [-0.05, 0) is 56.1 Å². The number of aryl methyl sites for hydroxylation is 1. The summed E-state index contributed by atoms with van der Waals surface area (Å²) in [5.74, 6) is -1.86. The van der Waals surface area contributed by atoms with Crippen molar-refractivity contribution >= 4 is 0 Å².